The zero-order valence-corrected chi connectivity index (χ0v) is 10.4. The van der Waals surface area contributed by atoms with Gasteiger partial charge in [0.05, 0.1) is 15.5 Å². The second kappa shape index (κ2) is 4.64. The normalized spacial score (nSPS) is 10.2. The molecule has 0 saturated carbocycles. The Morgan fingerprint density at radius 3 is 2.59 bits per heavy atom. The molecule has 0 saturated heterocycles. The van der Waals surface area contributed by atoms with E-state index in [0.717, 1.165) is 4.88 Å². The Balaban J connectivity index is 2.46. The minimum absolute atomic E-state index is 0.0732. The van der Waals surface area contributed by atoms with Crippen molar-refractivity contribution in [1.29, 1.82) is 0 Å². The number of anilines is 1. The van der Waals surface area contributed by atoms with Crippen molar-refractivity contribution in [1.82, 2.24) is 0 Å². The van der Waals surface area contributed by atoms with Crippen LogP contribution in [-0.4, -0.2) is 10.8 Å². The molecule has 1 amide bonds. The van der Waals surface area contributed by atoms with E-state index < -0.39 is 4.92 Å². The smallest absolute Gasteiger partial charge is 0.288 e. The van der Waals surface area contributed by atoms with Crippen molar-refractivity contribution >= 4 is 40.0 Å². The Kier molecular flexibility index (Phi) is 3.21. The Morgan fingerprint density at radius 1 is 1.29 bits per heavy atom. The third-order valence-corrected chi connectivity index (χ3v) is 4.01. The molecule has 0 bridgehead atoms. The number of amides is 1. The minimum Gasteiger partial charge on any atom is -0.325 e. The van der Waals surface area contributed by atoms with Gasteiger partial charge in [-0.3, -0.25) is 14.9 Å². The topological polar surface area (TPSA) is 72.2 Å². The quantitative estimate of drug-likeness (QED) is 0.685. The summed E-state index contributed by atoms with van der Waals surface area (Å²) in [5.74, 6) is -0.191. The molecule has 0 atom stereocenters. The van der Waals surface area contributed by atoms with E-state index in [1.54, 1.807) is 16.8 Å². The molecule has 0 aliphatic rings. The van der Waals surface area contributed by atoms with Gasteiger partial charge in [-0.2, -0.15) is 0 Å². The summed E-state index contributed by atoms with van der Waals surface area (Å²) >= 11 is 2.67. The highest BCUT2D eigenvalue weighted by Crippen LogP contribution is 2.42. The molecule has 0 radical (unpaired) electrons. The number of carbonyl (C=O) groups excluding carboxylic acids is 1. The van der Waals surface area contributed by atoms with Gasteiger partial charge in [-0.05, 0) is 16.8 Å². The maximum absolute atomic E-state index is 11.0. The fourth-order valence-corrected chi connectivity index (χ4v) is 3.29. The highest BCUT2D eigenvalue weighted by Gasteiger charge is 2.20. The fraction of sp³-hybridized carbons (Fsp3) is 0.100. The molecular weight excluding hydrogens is 260 g/mol. The van der Waals surface area contributed by atoms with Crippen molar-refractivity contribution in [3.8, 4) is 9.75 Å². The van der Waals surface area contributed by atoms with E-state index in [0.29, 0.717) is 10.6 Å². The van der Waals surface area contributed by atoms with Gasteiger partial charge in [-0.1, -0.05) is 0 Å². The summed E-state index contributed by atoms with van der Waals surface area (Å²) < 4.78 is 0. The molecule has 17 heavy (non-hydrogen) atoms. The van der Waals surface area contributed by atoms with E-state index >= 15 is 0 Å². The average molecular weight is 268 g/mol. The van der Waals surface area contributed by atoms with Crippen LogP contribution in [0.2, 0.25) is 0 Å². The van der Waals surface area contributed by atoms with Gasteiger partial charge in [0, 0.05) is 13.0 Å². The minimum atomic E-state index is -0.414. The van der Waals surface area contributed by atoms with Gasteiger partial charge in [0.1, 0.15) is 4.88 Å². The van der Waals surface area contributed by atoms with Gasteiger partial charge in [-0.15, -0.1) is 22.7 Å². The lowest BCUT2D eigenvalue weighted by molar-refractivity contribution is -0.383. The van der Waals surface area contributed by atoms with E-state index in [-0.39, 0.29) is 11.6 Å². The number of nitro groups is 1. The first kappa shape index (κ1) is 11.7. The lowest BCUT2D eigenvalue weighted by Crippen LogP contribution is -2.05. The van der Waals surface area contributed by atoms with E-state index in [1.807, 2.05) is 0 Å². The van der Waals surface area contributed by atoms with Gasteiger partial charge in [0.25, 0.3) is 5.69 Å². The Bertz CT molecular complexity index is 574. The number of nitrogens with zero attached hydrogens (tertiary/aromatic N) is 1. The Hall–Kier alpha value is -1.73. The predicted molar refractivity (Wildman–Crippen MR) is 68.6 cm³/mol. The molecular formula is C10H8N2O3S2. The van der Waals surface area contributed by atoms with Crippen LogP contribution in [0.1, 0.15) is 6.92 Å². The molecule has 2 aromatic rings. The summed E-state index contributed by atoms with van der Waals surface area (Å²) in [6.07, 6.45) is 0. The number of hydrogen-bond acceptors (Lipinski definition) is 5. The van der Waals surface area contributed by atoms with Gasteiger partial charge < -0.3 is 5.32 Å². The summed E-state index contributed by atoms with van der Waals surface area (Å²) in [5, 5.41) is 17.0. The zero-order chi connectivity index (χ0) is 12.4. The van der Waals surface area contributed by atoms with Gasteiger partial charge in [-0.25, -0.2) is 0 Å². The molecule has 2 heterocycles. The molecule has 7 heteroatoms. The van der Waals surface area contributed by atoms with Crippen LogP contribution in [0, 0.1) is 10.1 Å². The predicted octanol–water partition coefficient (Wildman–Crippen LogP) is 3.34. The second-order valence-corrected chi connectivity index (χ2v) is 5.07. The SMILES string of the molecule is CC(=O)Nc1ccsc1-c1sccc1[N+](=O)[O-]. The molecule has 0 aliphatic heterocycles. The molecule has 0 fully saturated rings. The first-order chi connectivity index (χ1) is 8.09. The van der Waals surface area contributed by atoms with Crippen molar-refractivity contribution in [3.05, 3.63) is 33.0 Å². The molecule has 5 nitrogen and oxygen atoms in total. The summed E-state index contributed by atoms with van der Waals surface area (Å²) in [6.45, 7) is 1.41. The third-order valence-electron chi connectivity index (χ3n) is 2.02. The van der Waals surface area contributed by atoms with E-state index in [4.69, 9.17) is 0 Å². The van der Waals surface area contributed by atoms with Crippen LogP contribution in [-0.2, 0) is 4.79 Å². The van der Waals surface area contributed by atoms with E-state index in [9.17, 15) is 14.9 Å². The van der Waals surface area contributed by atoms with Crippen LogP contribution in [0.5, 0.6) is 0 Å². The maximum atomic E-state index is 11.0. The first-order valence-corrected chi connectivity index (χ1v) is 6.43. The highest BCUT2D eigenvalue weighted by molar-refractivity contribution is 7.21. The molecule has 88 valence electrons. The number of nitrogens with one attached hydrogen (secondary N) is 1. The maximum Gasteiger partial charge on any atom is 0.288 e. The molecule has 2 rings (SSSR count). The molecule has 1 N–H and O–H groups in total. The molecule has 0 unspecified atom stereocenters. The first-order valence-electron chi connectivity index (χ1n) is 4.67. The Morgan fingerprint density at radius 2 is 1.94 bits per heavy atom. The Labute approximate surface area is 105 Å². The fourth-order valence-electron chi connectivity index (χ4n) is 1.39. The lowest BCUT2D eigenvalue weighted by atomic mass is 10.3. The molecule has 0 spiro atoms. The van der Waals surface area contributed by atoms with Crippen LogP contribution in [0.3, 0.4) is 0 Å². The second-order valence-electron chi connectivity index (χ2n) is 3.24. The van der Waals surface area contributed by atoms with Crippen LogP contribution in [0.15, 0.2) is 22.9 Å². The lowest BCUT2D eigenvalue weighted by Gasteiger charge is -2.01. The van der Waals surface area contributed by atoms with Gasteiger partial charge in [0.15, 0.2) is 0 Å². The standard InChI is InChI=1S/C10H8N2O3S2/c1-6(13)11-7-2-4-16-9(7)10-8(12(14)15)3-5-17-10/h2-5H,1H3,(H,11,13). The van der Waals surface area contributed by atoms with Crippen molar-refractivity contribution in [2.75, 3.05) is 5.32 Å². The van der Waals surface area contributed by atoms with Gasteiger partial charge in [0.2, 0.25) is 5.91 Å². The highest BCUT2D eigenvalue weighted by atomic mass is 32.1. The zero-order valence-electron chi connectivity index (χ0n) is 8.80. The average Bonchev–Trinajstić information content (AvgIpc) is 2.82. The van der Waals surface area contributed by atoms with E-state index in [1.165, 1.54) is 35.7 Å². The van der Waals surface area contributed by atoms with Crippen molar-refractivity contribution < 1.29 is 9.72 Å². The number of thiophene rings is 2. The third kappa shape index (κ3) is 2.34. The monoisotopic (exact) mass is 268 g/mol. The van der Waals surface area contributed by atoms with Crippen molar-refractivity contribution in [3.63, 3.8) is 0 Å². The molecule has 0 aliphatic carbocycles. The van der Waals surface area contributed by atoms with Crippen LogP contribution >= 0.6 is 22.7 Å². The van der Waals surface area contributed by atoms with Gasteiger partial charge >= 0.3 is 0 Å². The summed E-state index contributed by atoms with van der Waals surface area (Å²) in [4.78, 5) is 22.7. The van der Waals surface area contributed by atoms with Crippen LogP contribution in [0.25, 0.3) is 9.75 Å². The molecule has 2 aromatic heterocycles. The largest absolute Gasteiger partial charge is 0.325 e. The van der Waals surface area contributed by atoms with E-state index in [2.05, 4.69) is 5.32 Å². The number of carbonyl (C=O) groups is 1. The molecule has 0 aromatic carbocycles. The van der Waals surface area contributed by atoms with Crippen molar-refractivity contribution in [2.24, 2.45) is 0 Å². The summed E-state index contributed by atoms with van der Waals surface area (Å²) in [7, 11) is 0. The summed E-state index contributed by atoms with van der Waals surface area (Å²) in [5.41, 5.74) is 0.692. The van der Waals surface area contributed by atoms with Crippen LogP contribution < -0.4 is 5.32 Å². The number of hydrogen-bond donors (Lipinski definition) is 1. The summed E-state index contributed by atoms with van der Waals surface area (Å²) in [6, 6.07) is 3.21. The van der Waals surface area contributed by atoms with Crippen molar-refractivity contribution in [2.45, 2.75) is 6.92 Å². The van der Waals surface area contributed by atoms with Crippen LogP contribution in [0.4, 0.5) is 11.4 Å². The number of rotatable bonds is 3.